The van der Waals surface area contributed by atoms with Crippen molar-refractivity contribution >= 4 is 35.3 Å². The van der Waals surface area contributed by atoms with E-state index in [2.05, 4.69) is 39.0 Å². The summed E-state index contributed by atoms with van der Waals surface area (Å²) in [5.74, 6) is -0.490. The first-order chi connectivity index (χ1) is 11.8. The van der Waals surface area contributed by atoms with Crippen molar-refractivity contribution in [3.63, 3.8) is 0 Å². The molecule has 0 N–H and O–H groups in total. The molecular weight excluding hydrogens is 352 g/mol. The van der Waals surface area contributed by atoms with Crippen LogP contribution in [0.2, 0.25) is 0 Å². The molecule has 0 atom stereocenters. The molecule has 2 aromatic rings. The number of ketones is 1. The molecular formula is C20H16O3S2. The molecule has 2 aliphatic heterocycles. The molecule has 2 aliphatic rings. The molecule has 25 heavy (non-hydrogen) atoms. The lowest BCUT2D eigenvalue weighted by Crippen LogP contribution is -2.25. The van der Waals surface area contributed by atoms with Gasteiger partial charge in [-0.2, -0.15) is 0 Å². The van der Waals surface area contributed by atoms with E-state index in [-0.39, 0.29) is 16.8 Å². The Morgan fingerprint density at radius 3 is 2.40 bits per heavy atom. The Labute approximate surface area is 154 Å². The number of fused-ring (bicyclic) bond motifs is 2. The lowest BCUT2D eigenvalue weighted by Gasteiger charge is -2.19. The van der Waals surface area contributed by atoms with Gasteiger partial charge in [0.1, 0.15) is 11.3 Å². The van der Waals surface area contributed by atoms with Crippen molar-refractivity contribution < 1.29 is 14.3 Å². The zero-order valence-electron chi connectivity index (χ0n) is 14.1. The van der Waals surface area contributed by atoms with Crippen LogP contribution in [-0.4, -0.2) is 11.8 Å². The second-order valence-electron chi connectivity index (χ2n) is 6.99. The Balaban J connectivity index is 1.75. The van der Waals surface area contributed by atoms with Gasteiger partial charge in [0.2, 0.25) is 5.78 Å². The van der Waals surface area contributed by atoms with Gasteiger partial charge in [0.15, 0.2) is 0 Å². The summed E-state index contributed by atoms with van der Waals surface area (Å²) in [4.78, 5) is 27.4. The number of Topliss-reactive ketones (excluding diaryl/α,β-unsaturated/α-hetero) is 1. The van der Waals surface area contributed by atoms with E-state index in [9.17, 15) is 9.59 Å². The zero-order chi connectivity index (χ0) is 17.8. The maximum atomic E-state index is 12.8. The zero-order valence-corrected chi connectivity index (χ0v) is 15.7. The first-order valence-corrected chi connectivity index (χ1v) is 9.58. The summed E-state index contributed by atoms with van der Waals surface area (Å²) >= 11 is 2.94. The number of ether oxygens (including phenoxy) is 1. The van der Waals surface area contributed by atoms with Gasteiger partial charge in [-0.3, -0.25) is 4.79 Å². The van der Waals surface area contributed by atoms with Crippen LogP contribution in [0.4, 0.5) is 0 Å². The van der Waals surface area contributed by atoms with E-state index in [1.54, 1.807) is 24.3 Å². The second-order valence-corrected chi connectivity index (χ2v) is 9.36. The fraction of sp³-hybridized carbons (Fsp3) is 0.200. The molecule has 126 valence electrons. The highest BCUT2D eigenvalue weighted by molar-refractivity contribution is 8.24. The molecule has 0 radical (unpaired) electrons. The van der Waals surface area contributed by atoms with Gasteiger partial charge in [-0.25, -0.2) is 4.79 Å². The van der Waals surface area contributed by atoms with Crippen molar-refractivity contribution in [3.05, 3.63) is 63.4 Å². The number of hydrogen-bond acceptors (Lipinski definition) is 5. The van der Waals surface area contributed by atoms with Crippen LogP contribution in [-0.2, 0) is 10.2 Å². The largest absolute Gasteiger partial charge is 0.422 e. The van der Waals surface area contributed by atoms with E-state index in [1.807, 2.05) is 0 Å². The van der Waals surface area contributed by atoms with Gasteiger partial charge in [0, 0.05) is 9.79 Å². The predicted molar refractivity (Wildman–Crippen MR) is 100 cm³/mol. The molecule has 3 nitrogen and oxygen atoms in total. The molecule has 0 aromatic heterocycles. The van der Waals surface area contributed by atoms with E-state index in [1.165, 1.54) is 29.1 Å². The Kier molecular flexibility index (Phi) is 3.81. The second kappa shape index (κ2) is 5.78. The first kappa shape index (κ1) is 16.5. The number of hydrogen-bond donors (Lipinski definition) is 0. The molecule has 0 saturated heterocycles. The summed E-state index contributed by atoms with van der Waals surface area (Å²) in [5.41, 5.74) is 1.86. The van der Waals surface area contributed by atoms with Crippen molar-refractivity contribution in [3.8, 4) is 5.75 Å². The third-order valence-electron chi connectivity index (χ3n) is 4.18. The molecule has 0 bridgehead atoms. The Morgan fingerprint density at radius 2 is 1.64 bits per heavy atom. The third kappa shape index (κ3) is 2.81. The summed E-state index contributed by atoms with van der Waals surface area (Å²) in [5, 5.41) is 0. The van der Waals surface area contributed by atoms with Crippen LogP contribution >= 0.6 is 23.5 Å². The van der Waals surface area contributed by atoms with Crippen LogP contribution in [0, 0.1) is 0 Å². The normalized spacial score (nSPS) is 19.5. The van der Waals surface area contributed by atoms with Crippen LogP contribution in [0.15, 0.2) is 62.1 Å². The van der Waals surface area contributed by atoms with Gasteiger partial charge in [0.25, 0.3) is 0 Å². The average Bonchev–Trinajstić information content (AvgIpc) is 2.96. The minimum absolute atomic E-state index is 0.0503. The van der Waals surface area contributed by atoms with Crippen molar-refractivity contribution in [1.82, 2.24) is 0 Å². The third-order valence-corrected chi connectivity index (χ3v) is 6.73. The highest BCUT2D eigenvalue weighted by Gasteiger charge is 2.36. The average molecular weight is 368 g/mol. The summed E-state index contributed by atoms with van der Waals surface area (Å²) < 4.78 is 6.06. The lowest BCUT2D eigenvalue weighted by molar-refractivity contribution is -0.130. The summed E-state index contributed by atoms with van der Waals surface area (Å²) in [6.07, 6.45) is 0. The van der Waals surface area contributed by atoms with Crippen molar-refractivity contribution in [2.45, 2.75) is 36.0 Å². The van der Waals surface area contributed by atoms with Gasteiger partial charge in [-0.1, -0.05) is 62.5 Å². The van der Waals surface area contributed by atoms with Crippen LogP contribution in [0.3, 0.4) is 0 Å². The van der Waals surface area contributed by atoms with Gasteiger partial charge >= 0.3 is 5.97 Å². The molecule has 0 amide bonds. The molecule has 2 aromatic carbocycles. The summed E-state index contributed by atoms with van der Waals surface area (Å²) in [6, 6.07) is 13.2. The molecule has 0 fully saturated rings. The highest BCUT2D eigenvalue weighted by atomic mass is 32.2. The lowest BCUT2D eigenvalue weighted by atomic mass is 9.87. The Bertz CT molecular complexity index is 952. The van der Waals surface area contributed by atoms with E-state index in [0.29, 0.717) is 15.6 Å². The number of rotatable bonds is 0. The Morgan fingerprint density at radius 1 is 0.920 bits per heavy atom. The van der Waals surface area contributed by atoms with Crippen molar-refractivity contribution in [2.24, 2.45) is 0 Å². The van der Waals surface area contributed by atoms with Crippen molar-refractivity contribution in [2.75, 3.05) is 0 Å². The van der Waals surface area contributed by atoms with Crippen LogP contribution in [0.25, 0.3) is 0 Å². The van der Waals surface area contributed by atoms with Gasteiger partial charge in [-0.05, 0) is 35.2 Å². The molecule has 5 heteroatoms. The monoisotopic (exact) mass is 368 g/mol. The molecule has 2 heterocycles. The predicted octanol–water partition coefficient (Wildman–Crippen LogP) is 5.20. The first-order valence-electron chi connectivity index (χ1n) is 7.95. The number of esters is 1. The van der Waals surface area contributed by atoms with Crippen LogP contribution < -0.4 is 4.74 Å². The molecule has 0 unspecified atom stereocenters. The van der Waals surface area contributed by atoms with E-state index < -0.39 is 5.97 Å². The maximum Gasteiger partial charge on any atom is 0.349 e. The Hall–Kier alpha value is -1.98. The SMILES string of the molecule is CC(C)(C)c1ccc2c(c1)S/C(=C1\C(=O)Oc3ccccc3C1=O)S2. The fourth-order valence-corrected chi connectivity index (χ4v) is 5.32. The number of carbonyl (C=O) groups is 2. The minimum atomic E-state index is -0.567. The number of benzene rings is 2. The summed E-state index contributed by atoms with van der Waals surface area (Å²) in [6.45, 7) is 6.50. The standard InChI is InChI=1S/C20H16O3S2/c1-20(2,3)11-8-9-14-15(10-11)25-19(24-14)16-17(21)12-6-4-5-7-13(12)23-18(16)22/h4-10H,1-3H3/b19-16-. The van der Waals surface area contributed by atoms with Gasteiger partial charge in [0.05, 0.1) is 9.80 Å². The smallest absolute Gasteiger partial charge is 0.349 e. The van der Waals surface area contributed by atoms with Gasteiger partial charge in [-0.15, -0.1) is 0 Å². The minimum Gasteiger partial charge on any atom is -0.422 e. The fourth-order valence-electron chi connectivity index (χ4n) is 2.76. The van der Waals surface area contributed by atoms with E-state index >= 15 is 0 Å². The van der Waals surface area contributed by atoms with Crippen molar-refractivity contribution in [1.29, 1.82) is 0 Å². The molecule has 4 rings (SSSR count). The molecule has 0 spiro atoms. The maximum absolute atomic E-state index is 12.8. The number of carbonyl (C=O) groups excluding carboxylic acids is 2. The summed E-state index contributed by atoms with van der Waals surface area (Å²) in [7, 11) is 0. The van der Waals surface area contributed by atoms with Gasteiger partial charge < -0.3 is 4.74 Å². The topological polar surface area (TPSA) is 43.4 Å². The van der Waals surface area contributed by atoms with Crippen LogP contribution in [0.5, 0.6) is 5.75 Å². The molecule has 0 aliphatic carbocycles. The molecule has 0 saturated carbocycles. The number of para-hydroxylation sites is 1. The van der Waals surface area contributed by atoms with E-state index in [0.717, 1.165) is 9.79 Å². The number of thioether (sulfide) groups is 2. The highest BCUT2D eigenvalue weighted by Crippen LogP contribution is 2.54. The van der Waals surface area contributed by atoms with E-state index in [4.69, 9.17) is 4.74 Å². The quantitative estimate of drug-likeness (QED) is 0.277. The van der Waals surface area contributed by atoms with Crippen LogP contribution in [0.1, 0.15) is 36.7 Å².